The normalized spacial score (nSPS) is 10.4. The van der Waals surface area contributed by atoms with Crippen LogP contribution in [0, 0.1) is 12.7 Å². The molecule has 0 bridgehead atoms. The first kappa shape index (κ1) is 14.7. The van der Waals surface area contributed by atoms with Gasteiger partial charge in [-0.1, -0.05) is 0 Å². The molecule has 0 radical (unpaired) electrons. The summed E-state index contributed by atoms with van der Waals surface area (Å²) in [7, 11) is 1.49. The number of aryl methyl sites for hydroxylation is 1. The van der Waals surface area contributed by atoms with Gasteiger partial charge in [0.2, 0.25) is 0 Å². The maximum atomic E-state index is 13.3. The zero-order valence-electron chi connectivity index (χ0n) is 11.2. The molecule has 0 spiro atoms. The highest BCUT2D eigenvalue weighted by Gasteiger charge is 2.08. The molecule has 3 nitrogen and oxygen atoms in total. The van der Waals surface area contributed by atoms with E-state index in [4.69, 9.17) is 4.74 Å². The average molecular weight is 340 g/mol. The van der Waals surface area contributed by atoms with Crippen molar-refractivity contribution in [1.29, 1.82) is 0 Å². The first-order chi connectivity index (χ1) is 9.49. The average Bonchev–Trinajstić information content (AvgIpc) is 2.39. The maximum Gasteiger partial charge on any atom is 0.172 e. The Morgan fingerprint density at radius 1 is 1.25 bits per heavy atom. The predicted molar refractivity (Wildman–Crippen MR) is 80.8 cm³/mol. The Labute approximate surface area is 125 Å². The summed E-state index contributed by atoms with van der Waals surface area (Å²) in [4.78, 5) is 0. The molecule has 2 rings (SSSR count). The van der Waals surface area contributed by atoms with E-state index in [9.17, 15) is 9.50 Å². The molecule has 0 amide bonds. The molecular formula is C15H15BrFNO2. The van der Waals surface area contributed by atoms with Gasteiger partial charge >= 0.3 is 0 Å². The number of halogens is 2. The highest BCUT2D eigenvalue weighted by molar-refractivity contribution is 9.10. The molecule has 0 aliphatic rings. The van der Waals surface area contributed by atoms with Gasteiger partial charge in [0, 0.05) is 12.2 Å². The van der Waals surface area contributed by atoms with Crippen molar-refractivity contribution in [2.24, 2.45) is 0 Å². The van der Waals surface area contributed by atoms with Gasteiger partial charge in [0.25, 0.3) is 0 Å². The number of rotatable bonds is 4. The smallest absolute Gasteiger partial charge is 0.172 e. The minimum Gasteiger partial charge on any atom is -0.503 e. The number of ether oxygens (including phenoxy) is 1. The van der Waals surface area contributed by atoms with Crippen LogP contribution in [0.1, 0.15) is 11.1 Å². The zero-order valence-corrected chi connectivity index (χ0v) is 12.8. The fourth-order valence-electron chi connectivity index (χ4n) is 1.93. The van der Waals surface area contributed by atoms with Crippen LogP contribution in [0.3, 0.4) is 0 Å². The molecule has 0 saturated carbocycles. The zero-order chi connectivity index (χ0) is 14.7. The minimum atomic E-state index is -0.267. The fourth-order valence-corrected chi connectivity index (χ4v) is 2.42. The first-order valence-corrected chi connectivity index (χ1v) is 6.85. The summed E-state index contributed by atoms with van der Waals surface area (Å²) in [5, 5.41) is 12.9. The van der Waals surface area contributed by atoms with E-state index in [0.717, 1.165) is 11.1 Å². The lowest BCUT2D eigenvalue weighted by Gasteiger charge is -2.11. The van der Waals surface area contributed by atoms with Crippen LogP contribution >= 0.6 is 15.9 Å². The van der Waals surface area contributed by atoms with E-state index in [1.165, 1.54) is 19.2 Å². The number of methoxy groups -OCH3 is 1. The van der Waals surface area contributed by atoms with Crippen LogP contribution < -0.4 is 10.1 Å². The Kier molecular flexibility index (Phi) is 4.49. The van der Waals surface area contributed by atoms with Gasteiger partial charge in [-0.15, -0.1) is 0 Å². The van der Waals surface area contributed by atoms with Crippen LogP contribution in [-0.2, 0) is 6.54 Å². The fraction of sp³-hybridized carbons (Fsp3) is 0.200. The molecular weight excluding hydrogens is 325 g/mol. The SMILES string of the molecule is COc1cc(CNc2cc(C)cc(F)c2)cc(Br)c1O. The number of hydrogen-bond donors (Lipinski definition) is 2. The monoisotopic (exact) mass is 339 g/mol. The topological polar surface area (TPSA) is 41.5 Å². The molecule has 0 aliphatic carbocycles. The van der Waals surface area contributed by atoms with Crippen molar-refractivity contribution >= 4 is 21.6 Å². The summed E-state index contributed by atoms with van der Waals surface area (Å²) >= 11 is 3.27. The Morgan fingerprint density at radius 3 is 2.65 bits per heavy atom. The molecule has 0 aliphatic heterocycles. The summed E-state index contributed by atoms with van der Waals surface area (Å²) < 4.78 is 18.9. The highest BCUT2D eigenvalue weighted by atomic mass is 79.9. The molecule has 0 unspecified atom stereocenters. The summed E-state index contributed by atoms with van der Waals surface area (Å²) in [6.07, 6.45) is 0. The van der Waals surface area contributed by atoms with Crippen molar-refractivity contribution in [2.45, 2.75) is 13.5 Å². The number of anilines is 1. The van der Waals surface area contributed by atoms with Gasteiger partial charge in [-0.05, 0) is 64.3 Å². The van der Waals surface area contributed by atoms with Crippen molar-refractivity contribution in [1.82, 2.24) is 0 Å². The van der Waals surface area contributed by atoms with Crippen molar-refractivity contribution < 1.29 is 14.2 Å². The molecule has 0 aromatic heterocycles. The molecule has 106 valence electrons. The molecule has 2 N–H and O–H groups in total. The van der Waals surface area contributed by atoms with Crippen molar-refractivity contribution in [3.63, 3.8) is 0 Å². The molecule has 5 heteroatoms. The van der Waals surface area contributed by atoms with Gasteiger partial charge in [-0.3, -0.25) is 0 Å². The number of phenolic OH excluding ortho intramolecular Hbond substituents is 1. The summed E-state index contributed by atoms with van der Waals surface area (Å²) in [5.41, 5.74) is 2.48. The van der Waals surface area contributed by atoms with Gasteiger partial charge in [0.15, 0.2) is 11.5 Å². The molecule has 20 heavy (non-hydrogen) atoms. The van der Waals surface area contributed by atoms with E-state index in [-0.39, 0.29) is 11.6 Å². The standard InChI is InChI=1S/C15H15BrFNO2/c1-9-3-11(17)7-12(4-9)18-8-10-5-13(16)15(19)14(6-10)20-2/h3-7,18-19H,8H2,1-2H3. The third kappa shape index (κ3) is 3.42. The number of nitrogens with one attached hydrogen (secondary N) is 1. The number of phenols is 1. The maximum absolute atomic E-state index is 13.3. The second kappa shape index (κ2) is 6.13. The van der Waals surface area contributed by atoms with Gasteiger partial charge in [-0.2, -0.15) is 0 Å². The Morgan fingerprint density at radius 2 is 2.00 bits per heavy atom. The van der Waals surface area contributed by atoms with Gasteiger partial charge in [-0.25, -0.2) is 4.39 Å². The third-order valence-electron chi connectivity index (χ3n) is 2.85. The molecule has 0 atom stereocenters. The van der Waals surface area contributed by atoms with Crippen molar-refractivity contribution in [2.75, 3.05) is 12.4 Å². The van der Waals surface area contributed by atoms with E-state index in [1.54, 1.807) is 12.1 Å². The van der Waals surface area contributed by atoms with Crippen LogP contribution in [0.15, 0.2) is 34.8 Å². The summed E-state index contributed by atoms with van der Waals surface area (Å²) in [5.74, 6) is 0.196. The largest absolute Gasteiger partial charge is 0.503 e. The Hall–Kier alpha value is -1.75. The van der Waals surface area contributed by atoms with Crippen LogP contribution in [-0.4, -0.2) is 12.2 Å². The van der Waals surface area contributed by atoms with Gasteiger partial charge in [0.1, 0.15) is 5.82 Å². The van der Waals surface area contributed by atoms with Crippen molar-refractivity contribution in [3.8, 4) is 11.5 Å². The molecule has 0 saturated heterocycles. The van der Waals surface area contributed by atoms with E-state index in [1.807, 2.05) is 13.0 Å². The molecule has 2 aromatic carbocycles. The van der Waals surface area contributed by atoms with Gasteiger partial charge in [0.05, 0.1) is 11.6 Å². The van der Waals surface area contributed by atoms with E-state index >= 15 is 0 Å². The van der Waals surface area contributed by atoms with E-state index < -0.39 is 0 Å². The summed E-state index contributed by atoms with van der Waals surface area (Å²) in [6, 6.07) is 8.32. The third-order valence-corrected chi connectivity index (χ3v) is 3.45. The van der Waals surface area contributed by atoms with Crippen LogP contribution in [0.25, 0.3) is 0 Å². The lowest BCUT2D eigenvalue weighted by Crippen LogP contribution is -2.01. The molecule has 0 heterocycles. The highest BCUT2D eigenvalue weighted by Crippen LogP contribution is 2.35. The molecule has 2 aromatic rings. The van der Waals surface area contributed by atoms with E-state index in [0.29, 0.717) is 22.5 Å². The van der Waals surface area contributed by atoms with Crippen LogP contribution in [0.5, 0.6) is 11.5 Å². The van der Waals surface area contributed by atoms with Crippen LogP contribution in [0.4, 0.5) is 10.1 Å². The van der Waals surface area contributed by atoms with Crippen LogP contribution in [0.2, 0.25) is 0 Å². The lowest BCUT2D eigenvalue weighted by molar-refractivity contribution is 0.371. The second-order valence-corrected chi connectivity index (χ2v) is 5.35. The molecule has 0 fully saturated rings. The van der Waals surface area contributed by atoms with E-state index in [2.05, 4.69) is 21.2 Å². The second-order valence-electron chi connectivity index (χ2n) is 4.50. The quantitative estimate of drug-likeness (QED) is 0.876. The Balaban J connectivity index is 2.16. The summed E-state index contributed by atoms with van der Waals surface area (Å²) in [6.45, 7) is 2.34. The number of aromatic hydroxyl groups is 1. The first-order valence-electron chi connectivity index (χ1n) is 6.06. The minimum absolute atomic E-state index is 0.0675. The number of benzene rings is 2. The van der Waals surface area contributed by atoms with Gasteiger partial charge < -0.3 is 15.2 Å². The number of hydrogen-bond acceptors (Lipinski definition) is 3. The lowest BCUT2D eigenvalue weighted by atomic mass is 10.1. The predicted octanol–water partition coefficient (Wildman–Crippen LogP) is 4.22. The van der Waals surface area contributed by atoms with Crippen molar-refractivity contribution in [3.05, 3.63) is 51.7 Å². The Bertz CT molecular complexity index is 611.